The maximum atomic E-state index is 13.0. The van der Waals surface area contributed by atoms with Crippen LogP contribution in [0.4, 0.5) is 11.4 Å². The molecule has 1 aliphatic heterocycles. The van der Waals surface area contributed by atoms with Crippen molar-refractivity contribution in [1.29, 1.82) is 0 Å². The molecule has 1 N–H and O–H groups in total. The number of anilines is 2. The highest BCUT2D eigenvalue weighted by Gasteiger charge is 2.40. The van der Waals surface area contributed by atoms with E-state index in [0.717, 1.165) is 16.0 Å². The van der Waals surface area contributed by atoms with E-state index in [1.807, 2.05) is 26.0 Å². The minimum Gasteiger partial charge on any atom is -0.423 e. The number of nitrogens with zero attached hydrogens (tertiary/aromatic N) is 1. The lowest BCUT2D eigenvalue weighted by Crippen LogP contribution is -2.32. The second-order valence-electron chi connectivity index (χ2n) is 7.57. The van der Waals surface area contributed by atoms with E-state index >= 15 is 0 Å². The molecular formula is C25H17Cl3N2O4. The van der Waals surface area contributed by atoms with Crippen LogP contribution in [0, 0.1) is 13.8 Å². The van der Waals surface area contributed by atoms with Gasteiger partial charge in [0, 0.05) is 5.69 Å². The Morgan fingerprint density at radius 3 is 2.32 bits per heavy atom. The van der Waals surface area contributed by atoms with Crippen molar-refractivity contribution in [3.63, 3.8) is 0 Å². The Hall–Kier alpha value is -3.32. The van der Waals surface area contributed by atoms with Crippen molar-refractivity contribution in [3.05, 3.63) is 98.1 Å². The summed E-state index contributed by atoms with van der Waals surface area (Å²) in [6.07, 6.45) is 0. The molecule has 0 bridgehead atoms. The maximum Gasteiger partial charge on any atom is 0.343 e. The first-order valence-corrected chi connectivity index (χ1v) is 11.2. The Morgan fingerprint density at radius 2 is 1.62 bits per heavy atom. The van der Waals surface area contributed by atoms with Crippen LogP contribution >= 0.6 is 34.8 Å². The Labute approximate surface area is 210 Å². The maximum absolute atomic E-state index is 13.0. The minimum absolute atomic E-state index is 0.0586. The molecular weight excluding hydrogens is 499 g/mol. The van der Waals surface area contributed by atoms with Gasteiger partial charge in [0.15, 0.2) is 0 Å². The topological polar surface area (TPSA) is 75.7 Å². The van der Waals surface area contributed by atoms with E-state index in [1.54, 1.807) is 30.3 Å². The highest BCUT2D eigenvalue weighted by atomic mass is 35.5. The van der Waals surface area contributed by atoms with Crippen LogP contribution in [0.2, 0.25) is 10.0 Å². The largest absolute Gasteiger partial charge is 0.423 e. The normalized spacial score (nSPS) is 13.5. The summed E-state index contributed by atoms with van der Waals surface area (Å²) < 4.78 is 5.50. The summed E-state index contributed by atoms with van der Waals surface area (Å²) in [6.45, 7) is 3.76. The molecule has 0 aromatic heterocycles. The Balaban J connectivity index is 1.51. The van der Waals surface area contributed by atoms with Crippen LogP contribution < -0.4 is 15.0 Å². The standard InChI is InChI=1S/C25H17Cl3N2O4/c1-13-6-7-14(2)19(12-13)34-25(33)15-8-10-16(11-9-15)29-22-21(28)23(31)30(24(22)32)18-5-3-4-17(26)20(18)27/h3-12,29H,1-2H3. The second-order valence-corrected chi connectivity index (χ2v) is 8.73. The molecule has 172 valence electrons. The molecule has 1 heterocycles. The number of esters is 1. The number of carbonyl (C=O) groups is 3. The van der Waals surface area contributed by atoms with Crippen LogP contribution in [0.5, 0.6) is 5.75 Å². The molecule has 3 aromatic carbocycles. The van der Waals surface area contributed by atoms with E-state index in [4.69, 9.17) is 39.5 Å². The zero-order valence-corrected chi connectivity index (χ0v) is 20.3. The molecule has 34 heavy (non-hydrogen) atoms. The zero-order chi connectivity index (χ0) is 24.6. The second kappa shape index (κ2) is 9.50. The van der Waals surface area contributed by atoms with Crippen molar-refractivity contribution in [2.24, 2.45) is 0 Å². The van der Waals surface area contributed by atoms with E-state index in [2.05, 4.69) is 5.32 Å². The van der Waals surface area contributed by atoms with Gasteiger partial charge in [0.1, 0.15) is 16.5 Å². The Morgan fingerprint density at radius 1 is 0.912 bits per heavy atom. The molecule has 0 saturated carbocycles. The molecule has 0 saturated heterocycles. The third-order valence-electron chi connectivity index (χ3n) is 5.14. The smallest absolute Gasteiger partial charge is 0.343 e. The number of ether oxygens (including phenoxy) is 1. The third-order valence-corrected chi connectivity index (χ3v) is 6.30. The summed E-state index contributed by atoms with van der Waals surface area (Å²) in [5, 5.41) is 2.81. The first-order valence-electron chi connectivity index (χ1n) is 10.1. The number of hydrogen-bond acceptors (Lipinski definition) is 5. The van der Waals surface area contributed by atoms with Crippen LogP contribution in [-0.4, -0.2) is 17.8 Å². The Bertz CT molecular complexity index is 1370. The molecule has 0 spiro atoms. The van der Waals surface area contributed by atoms with Gasteiger partial charge in [0.05, 0.1) is 21.3 Å². The lowest BCUT2D eigenvalue weighted by atomic mass is 10.1. The van der Waals surface area contributed by atoms with Gasteiger partial charge in [-0.15, -0.1) is 0 Å². The Kier molecular flexibility index (Phi) is 6.66. The fraction of sp³-hybridized carbons (Fsp3) is 0.0800. The van der Waals surface area contributed by atoms with Crippen LogP contribution in [-0.2, 0) is 9.59 Å². The lowest BCUT2D eigenvalue weighted by Gasteiger charge is -2.17. The SMILES string of the molecule is Cc1ccc(C)c(OC(=O)c2ccc(NC3=C(Cl)C(=O)N(c4cccc(Cl)c4Cl)C3=O)cc2)c1. The van der Waals surface area contributed by atoms with Crippen LogP contribution in [0.3, 0.4) is 0 Å². The van der Waals surface area contributed by atoms with Crippen LogP contribution in [0.1, 0.15) is 21.5 Å². The third kappa shape index (κ3) is 4.53. The molecule has 0 radical (unpaired) electrons. The van der Waals surface area contributed by atoms with E-state index in [0.29, 0.717) is 17.0 Å². The van der Waals surface area contributed by atoms with Gasteiger partial charge >= 0.3 is 5.97 Å². The average Bonchev–Trinajstić information content (AvgIpc) is 3.02. The predicted octanol–water partition coefficient (Wildman–Crippen LogP) is 6.27. The summed E-state index contributed by atoms with van der Waals surface area (Å²) >= 11 is 18.4. The van der Waals surface area contributed by atoms with E-state index in [-0.39, 0.29) is 26.5 Å². The molecule has 2 amide bonds. The van der Waals surface area contributed by atoms with Gasteiger partial charge in [-0.3, -0.25) is 9.59 Å². The van der Waals surface area contributed by atoms with E-state index in [9.17, 15) is 14.4 Å². The van der Waals surface area contributed by atoms with Crippen molar-refractivity contribution in [3.8, 4) is 5.75 Å². The number of carbonyl (C=O) groups excluding carboxylic acids is 3. The van der Waals surface area contributed by atoms with Gasteiger partial charge in [-0.1, -0.05) is 53.0 Å². The number of aryl methyl sites for hydroxylation is 2. The number of halogens is 3. The average molecular weight is 516 g/mol. The monoisotopic (exact) mass is 514 g/mol. The quantitative estimate of drug-likeness (QED) is 0.246. The highest BCUT2D eigenvalue weighted by molar-refractivity contribution is 6.54. The van der Waals surface area contributed by atoms with Gasteiger partial charge in [0.2, 0.25) is 0 Å². The molecule has 0 aliphatic carbocycles. The van der Waals surface area contributed by atoms with Crippen molar-refractivity contribution in [1.82, 2.24) is 0 Å². The summed E-state index contributed by atoms with van der Waals surface area (Å²) in [5.41, 5.74) is 2.58. The zero-order valence-electron chi connectivity index (χ0n) is 18.0. The molecule has 6 nitrogen and oxygen atoms in total. The molecule has 3 aromatic rings. The van der Waals surface area contributed by atoms with Crippen molar-refractivity contribution >= 4 is 64.0 Å². The van der Waals surface area contributed by atoms with E-state index in [1.165, 1.54) is 18.2 Å². The summed E-state index contributed by atoms with van der Waals surface area (Å²) in [7, 11) is 0. The number of nitrogens with one attached hydrogen (secondary N) is 1. The van der Waals surface area contributed by atoms with E-state index < -0.39 is 17.8 Å². The van der Waals surface area contributed by atoms with Gasteiger partial charge in [-0.05, 0) is 67.4 Å². The van der Waals surface area contributed by atoms with Crippen LogP contribution in [0.15, 0.2) is 71.4 Å². The fourth-order valence-electron chi connectivity index (χ4n) is 3.31. The number of imide groups is 1. The minimum atomic E-state index is -0.730. The number of amides is 2. The van der Waals surface area contributed by atoms with Gasteiger partial charge in [0.25, 0.3) is 11.8 Å². The molecule has 9 heteroatoms. The van der Waals surface area contributed by atoms with Crippen LogP contribution in [0.25, 0.3) is 0 Å². The highest BCUT2D eigenvalue weighted by Crippen LogP contribution is 2.37. The molecule has 0 fully saturated rings. The number of rotatable bonds is 5. The van der Waals surface area contributed by atoms with Crippen molar-refractivity contribution in [2.45, 2.75) is 13.8 Å². The fourth-order valence-corrected chi connectivity index (χ4v) is 3.90. The lowest BCUT2D eigenvalue weighted by molar-refractivity contribution is -0.120. The van der Waals surface area contributed by atoms with Crippen molar-refractivity contribution < 1.29 is 19.1 Å². The van der Waals surface area contributed by atoms with Gasteiger partial charge < -0.3 is 10.1 Å². The van der Waals surface area contributed by atoms with Crippen molar-refractivity contribution in [2.75, 3.05) is 10.2 Å². The predicted molar refractivity (Wildman–Crippen MR) is 133 cm³/mol. The molecule has 4 rings (SSSR count). The first-order chi connectivity index (χ1) is 16.2. The van der Waals surface area contributed by atoms with Gasteiger partial charge in [-0.25, -0.2) is 9.69 Å². The molecule has 1 aliphatic rings. The molecule has 0 unspecified atom stereocenters. The first kappa shape index (κ1) is 23.8. The number of benzene rings is 3. The summed E-state index contributed by atoms with van der Waals surface area (Å²) in [4.78, 5) is 39.0. The summed E-state index contributed by atoms with van der Waals surface area (Å²) in [6, 6.07) is 16.4. The number of hydrogen-bond donors (Lipinski definition) is 1. The van der Waals surface area contributed by atoms with Gasteiger partial charge in [-0.2, -0.15) is 0 Å². The summed E-state index contributed by atoms with van der Waals surface area (Å²) in [5.74, 6) is -1.45. The molecule has 0 atom stereocenters.